The fourth-order valence-electron chi connectivity index (χ4n) is 2.07. The van der Waals surface area contributed by atoms with E-state index in [0.29, 0.717) is 12.0 Å². The lowest BCUT2D eigenvalue weighted by Crippen LogP contribution is -2.43. The van der Waals surface area contributed by atoms with E-state index in [0.717, 1.165) is 32.5 Å². The van der Waals surface area contributed by atoms with E-state index >= 15 is 0 Å². The number of likely N-dealkylation sites (tertiary alicyclic amines) is 1. The van der Waals surface area contributed by atoms with Crippen LogP contribution in [0.2, 0.25) is 0 Å². The lowest BCUT2D eigenvalue weighted by atomic mass is 9.97. The summed E-state index contributed by atoms with van der Waals surface area (Å²) >= 11 is 0. The maximum Gasteiger partial charge on any atom is 0.245 e. The second-order valence-electron chi connectivity index (χ2n) is 4.71. The van der Waals surface area contributed by atoms with E-state index in [1.807, 2.05) is 4.90 Å². The quantitative estimate of drug-likeness (QED) is 0.722. The van der Waals surface area contributed by atoms with Crippen LogP contribution < -0.4 is 5.32 Å². The average molecular weight is 224 g/mol. The molecule has 1 fully saturated rings. The van der Waals surface area contributed by atoms with Gasteiger partial charge in [0.2, 0.25) is 5.91 Å². The van der Waals surface area contributed by atoms with E-state index in [4.69, 9.17) is 0 Å². The van der Waals surface area contributed by atoms with E-state index in [1.165, 1.54) is 12.5 Å². The van der Waals surface area contributed by atoms with Crippen LogP contribution >= 0.6 is 0 Å². The van der Waals surface area contributed by atoms with Crippen LogP contribution in [0.25, 0.3) is 0 Å². The van der Waals surface area contributed by atoms with Crippen LogP contribution in [0.1, 0.15) is 33.1 Å². The Morgan fingerprint density at radius 1 is 1.69 bits per heavy atom. The van der Waals surface area contributed by atoms with Crippen LogP contribution in [0, 0.1) is 5.92 Å². The fourth-order valence-corrected chi connectivity index (χ4v) is 2.07. The molecule has 92 valence electrons. The van der Waals surface area contributed by atoms with Crippen molar-refractivity contribution >= 4 is 5.91 Å². The summed E-state index contributed by atoms with van der Waals surface area (Å²) in [5.41, 5.74) is 0. The van der Waals surface area contributed by atoms with Crippen molar-refractivity contribution in [1.82, 2.24) is 10.2 Å². The third-order valence-corrected chi connectivity index (χ3v) is 3.37. The normalized spacial score (nSPS) is 22.9. The third kappa shape index (κ3) is 3.97. The van der Waals surface area contributed by atoms with Crippen LogP contribution in [0.5, 0.6) is 0 Å². The minimum Gasteiger partial charge on any atom is -0.339 e. The first-order valence-corrected chi connectivity index (χ1v) is 6.32. The number of hydrogen-bond acceptors (Lipinski definition) is 2. The van der Waals surface area contributed by atoms with Gasteiger partial charge in [-0.15, -0.1) is 0 Å². The number of rotatable bonds is 5. The maximum absolute atomic E-state index is 11.5. The summed E-state index contributed by atoms with van der Waals surface area (Å²) in [6.07, 6.45) is 4.92. The number of amides is 1. The summed E-state index contributed by atoms with van der Waals surface area (Å²) in [6, 6.07) is 0.575. The van der Waals surface area contributed by atoms with Crippen LogP contribution in [0.3, 0.4) is 0 Å². The molecular formula is C13H24N2O. The predicted molar refractivity (Wildman–Crippen MR) is 67.3 cm³/mol. The zero-order valence-corrected chi connectivity index (χ0v) is 10.5. The molecule has 2 unspecified atom stereocenters. The summed E-state index contributed by atoms with van der Waals surface area (Å²) in [6.45, 7) is 10.7. The number of nitrogens with one attached hydrogen (secondary N) is 1. The predicted octanol–water partition coefficient (Wildman–Crippen LogP) is 1.80. The Morgan fingerprint density at radius 2 is 2.44 bits per heavy atom. The van der Waals surface area contributed by atoms with E-state index in [-0.39, 0.29) is 5.91 Å². The Hall–Kier alpha value is -0.830. The molecule has 0 aromatic rings. The number of nitrogens with zero attached hydrogens (tertiary/aromatic N) is 1. The highest BCUT2D eigenvalue weighted by atomic mass is 16.2. The molecular weight excluding hydrogens is 200 g/mol. The number of piperidine rings is 1. The molecule has 1 aliphatic heterocycles. The summed E-state index contributed by atoms with van der Waals surface area (Å²) < 4.78 is 0. The minimum atomic E-state index is 0.0771. The Kier molecular flexibility index (Phi) is 5.53. The molecule has 3 nitrogen and oxygen atoms in total. The average Bonchev–Trinajstić information content (AvgIpc) is 2.35. The molecule has 1 saturated heterocycles. The Labute approximate surface area is 98.9 Å². The summed E-state index contributed by atoms with van der Waals surface area (Å²) in [4.78, 5) is 13.4. The van der Waals surface area contributed by atoms with E-state index in [2.05, 4.69) is 25.7 Å². The number of carbonyl (C=O) groups is 1. The summed E-state index contributed by atoms with van der Waals surface area (Å²) in [5, 5.41) is 3.52. The third-order valence-electron chi connectivity index (χ3n) is 3.37. The molecule has 0 bridgehead atoms. The van der Waals surface area contributed by atoms with Gasteiger partial charge in [-0.3, -0.25) is 4.79 Å². The first-order valence-electron chi connectivity index (χ1n) is 6.32. The highest BCUT2D eigenvalue weighted by Gasteiger charge is 2.21. The SMILES string of the molecule is C=CC(=O)N1CCCC(CNC(C)CC)C1. The van der Waals surface area contributed by atoms with Crippen molar-refractivity contribution in [2.45, 2.75) is 39.2 Å². The fraction of sp³-hybridized carbons (Fsp3) is 0.769. The molecule has 0 aromatic heterocycles. The topological polar surface area (TPSA) is 32.3 Å². The van der Waals surface area contributed by atoms with Gasteiger partial charge in [-0.25, -0.2) is 0 Å². The van der Waals surface area contributed by atoms with Gasteiger partial charge in [-0.1, -0.05) is 13.5 Å². The molecule has 1 rings (SSSR count). The van der Waals surface area contributed by atoms with Crippen molar-refractivity contribution in [1.29, 1.82) is 0 Å². The van der Waals surface area contributed by atoms with Gasteiger partial charge >= 0.3 is 0 Å². The molecule has 2 atom stereocenters. The van der Waals surface area contributed by atoms with Crippen LogP contribution in [0.4, 0.5) is 0 Å². The van der Waals surface area contributed by atoms with Crippen LogP contribution in [-0.2, 0) is 4.79 Å². The first-order chi connectivity index (χ1) is 7.67. The maximum atomic E-state index is 11.5. The van der Waals surface area contributed by atoms with Crippen molar-refractivity contribution in [3.63, 3.8) is 0 Å². The van der Waals surface area contributed by atoms with Gasteiger partial charge in [0.25, 0.3) is 0 Å². The summed E-state index contributed by atoms with van der Waals surface area (Å²) in [5.74, 6) is 0.680. The van der Waals surface area contributed by atoms with Crippen LogP contribution in [-0.4, -0.2) is 36.5 Å². The Balaban J connectivity index is 2.33. The smallest absolute Gasteiger partial charge is 0.245 e. The first kappa shape index (κ1) is 13.2. The molecule has 0 aliphatic carbocycles. The molecule has 0 radical (unpaired) electrons. The zero-order chi connectivity index (χ0) is 12.0. The highest BCUT2D eigenvalue weighted by molar-refractivity contribution is 5.87. The monoisotopic (exact) mass is 224 g/mol. The molecule has 1 aliphatic rings. The van der Waals surface area contributed by atoms with Crippen molar-refractivity contribution in [3.05, 3.63) is 12.7 Å². The molecule has 3 heteroatoms. The summed E-state index contributed by atoms with van der Waals surface area (Å²) in [7, 11) is 0. The van der Waals surface area contributed by atoms with Gasteiger partial charge in [0.15, 0.2) is 0 Å². The second-order valence-corrected chi connectivity index (χ2v) is 4.71. The number of hydrogen-bond donors (Lipinski definition) is 1. The van der Waals surface area contributed by atoms with Crippen LogP contribution in [0.15, 0.2) is 12.7 Å². The molecule has 0 saturated carbocycles. The Morgan fingerprint density at radius 3 is 3.06 bits per heavy atom. The zero-order valence-electron chi connectivity index (χ0n) is 10.5. The molecule has 1 N–H and O–H groups in total. The van der Waals surface area contributed by atoms with Gasteiger partial charge in [0.1, 0.15) is 0 Å². The molecule has 16 heavy (non-hydrogen) atoms. The lowest BCUT2D eigenvalue weighted by Gasteiger charge is -2.32. The van der Waals surface area contributed by atoms with Gasteiger partial charge < -0.3 is 10.2 Å². The second kappa shape index (κ2) is 6.69. The van der Waals surface area contributed by atoms with Crippen molar-refractivity contribution in [2.24, 2.45) is 5.92 Å². The van der Waals surface area contributed by atoms with E-state index in [9.17, 15) is 4.79 Å². The van der Waals surface area contributed by atoms with Gasteiger partial charge in [-0.2, -0.15) is 0 Å². The largest absolute Gasteiger partial charge is 0.339 e. The van der Waals surface area contributed by atoms with Gasteiger partial charge in [-0.05, 0) is 44.7 Å². The lowest BCUT2D eigenvalue weighted by molar-refractivity contribution is -0.127. The minimum absolute atomic E-state index is 0.0771. The van der Waals surface area contributed by atoms with Gasteiger partial charge in [0.05, 0.1) is 0 Å². The number of carbonyl (C=O) groups excluding carboxylic acids is 1. The highest BCUT2D eigenvalue weighted by Crippen LogP contribution is 2.16. The van der Waals surface area contributed by atoms with Crippen molar-refractivity contribution in [2.75, 3.05) is 19.6 Å². The molecule has 0 aromatic carbocycles. The molecule has 1 heterocycles. The van der Waals surface area contributed by atoms with Crippen molar-refractivity contribution < 1.29 is 4.79 Å². The Bertz CT molecular complexity index is 240. The van der Waals surface area contributed by atoms with Crippen molar-refractivity contribution in [3.8, 4) is 0 Å². The van der Waals surface area contributed by atoms with E-state index in [1.54, 1.807) is 0 Å². The molecule has 1 amide bonds. The van der Waals surface area contributed by atoms with Gasteiger partial charge in [0, 0.05) is 19.1 Å². The van der Waals surface area contributed by atoms with E-state index < -0.39 is 0 Å². The molecule has 0 spiro atoms. The standard InChI is InChI=1S/C13H24N2O/c1-4-11(3)14-9-12-7-6-8-15(10-12)13(16)5-2/h5,11-12,14H,2,4,6-10H2,1,3H3.